The van der Waals surface area contributed by atoms with E-state index < -0.39 is 0 Å². The Morgan fingerprint density at radius 3 is 1.97 bits per heavy atom. The largest absolute Gasteiger partial charge is 0.338 e. The Balaban J connectivity index is 1.18. The van der Waals surface area contributed by atoms with Gasteiger partial charge in [-0.3, -0.25) is 9.69 Å². The molecule has 0 bridgehead atoms. The van der Waals surface area contributed by atoms with Gasteiger partial charge >= 0.3 is 0 Å². The van der Waals surface area contributed by atoms with Crippen molar-refractivity contribution in [1.29, 1.82) is 0 Å². The van der Waals surface area contributed by atoms with E-state index in [1.54, 1.807) is 0 Å². The second-order valence-electron chi connectivity index (χ2n) is 11.6. The minimum Gasteiger partial charge on any atom is -0.338 e. The Morgan fingerprint density at radius 2 is 1.44 bits per heavy atom. The second kappa shape index (κ2) is 12.0. The number of likely N-dealkylation sites (tertiary alicyclic amines) is 1. The van der Waals surface area contributed by atoms with Gasteiger partial charge in [0.1, 0.15) is 0 Å². The van der Waals surface area contributed by atoms with Crippen molar-refractivity contribution in [2.75, 3.05) is 13.1 Å². The summed E-state index contributed by atoms with van der Waals surface area (Å²) < 4.78 is 5.59. The van der Waals surface area contributed by atoms with Gasteiger partial charge in [0.15, 0.2) is 0 Å². The molecule has 6 nitrogen and oxygen atoms in total. The van der Waals surface area contributed by atoms with Crippen LogP contribution in [0, 0.1) is 5.92 Å². The number of hydrogen-bond donors (Lipinski definition) is 0. The highest BCUT2D eigenvalue weighted by molar-refractivity contribution is 5.79. The van der Waals surface area contributed by atoms with Crippen LogP contribution in [-0.4, -0.2) is 38.9 Å². The molecule has 3 aromatic carbocycles. The molecule has 0 aliphatic carbocycles. The monoisotopic (exact) mass is 522 g/mol. The van der Waals surface area contributed by atoms with Gasteiger partial charge in [0.2, 0.25) is 17.6 Å². The summed E-state index contributed by atoms with van der Waals surface area (Å²) in [5, 5.41) is 4.22. The van der Waals surface area contributed by atoms with Crippen LogP contribution < -0.4 is 0 Å². The molecule has 0 radical (unpaired) electrons. The van der Waals surface area contributed by atoms with E-state index in [0.29, 0.717) is 31.3 Å². The van der Waals surface area contributed by atoms with Crippen LogP contribution >= 0.6 is 0 Å². The van der Waals surface area contributed by atoms with E-state index >= 15 is 0 Å². The molecular formula is C33H38N4O2. The number of hydrogen-bond acceptors (Lipinski definition) is 5. The van der Waals surface area contributed by atoms with E-state index in [1.165, 1.54) is 5.56 Å². The highest BCUT2D eigenvalue weighted by atomic mass is 16.5. The van der Waals surface area contributed by atoms with Gasteiger partial charge in [-0.25, -0.2) is 0 Å². The topological polar surface area (TPSA) is 62.5 Å². The lowest BCUT2D eigenvalue weighted by Crippen LogP contribution is -2.42. The first-order valence-corrected chi connectivity index (χ1v) is 13.9. The molecule has 5 rings (SSSR count). The maximum atomic E-state index is 13.7. The molecule has 1 fully saturated rings. The number of carbonyl (C=O) groups excluding carboxylic acids is 1. The lowest BCUT2D eigenvalue weighted by molar-refractivity contribution is -0.138. The zero-order chi connectivity index (χ0) is 27.2. The Hall–Kier alpha value is -3.77. The summed E-state index contributed by atoms with van der Waals surface area (Å²) in [7, 11) is 0. The van der Waals surface area contributed by atoms with Crippen LogP contribution in [0.1, 0.15) is 56.2 Å². The highest BCUT2D eigenvalue weighted by Gasteiger charge is 2.29. The van der Waals surface area contributed by atoms with E-state index in [1.807, 2.05) is 41.3 Å². The quantitative estimate of drug-likeness (QED) is 0.265. The third kappa shape index (κ3) is 7.01. The molecule has 0 N–H and O–H groups in total. The molecule has 1 amide bonds. The molecular weight excluding hydrogens is 484 g/mol. The molecule has 1 aromatic heterocycles. The third-order valence-corrected chi connectivity index (χ3v) is 7.52. The lowest BCUT2D eigenvalue weighted by Gasteiger charge is -2.34. The second-order valence-corrected chi connectivity index (χ2v) is 11.6. The van der Waals surface area contributed by atoms with Crippen molar-refractivity contribution in [2.24, 2.45) is 5.92 Å². The summed E-state index contributed by atoms with van der Waals surface area (Å²) in [5.41, 5.74) is 4.64. The molecule has 0 saturated carbocycles. The van der Waals surface area contributed by atoms with E-state index in [9.17, 15) is 4.79 Å². The predicted octanol–water partition coefficient (Wildman–Crippen LogP) is 6.48. The zero-order valence-corrected chi connectivity index (χ0v) is 23.2. The van der Waals surface area contributed by atoms with Crippen molar-refractivity contribution in [1.82, 2.24) is 19.9 Å². The fourth-order valence-electron chi connectivity index (χ4n) is 5.16. The SMILES string of the molecule is CC(C)(C)c1ccc(-c2noc(CN3CCC(C(=O)N(Cc4ccccc4)Cc4ccccc4)CC3)n2)cc1. The van der Waals surface area contributed by atoms with Crippen LogP contribution in [0.5, 0.6) is 0 Å². The smallest absolute Gasteiger partial charge is 0.241 e. The lowest BCUT2D eigenvalue weighted by atomic mass is 9.87. The number of carbonyl (C=O) groups is 1. The van der Waals surface area contributed by atoms with Crippen LogP contribution in [0.3, 0.4) is 0 Å². The molecule has 2 heterocycles. The maximum absolute atomic E-state index is 13.7. The first kappa shape index (κ1) is 26.8. The van der Waals surface area contributed by atoms with Crippen LogP contribution in [0.25, 0.3) is 11.4 Å². The summed E-state index contributed by atoms with van der Waals surface area (Å²) in [6.07, 6.45) is 1.66. The molecule has 6 heteroatoms. The average molecular weight is 523 g/mol. The van der Waals surface area contributed by atoms with Crippen LogP contribution in [0.2, 0.25) is 0 Å². The van der Waals surface area contributed by atoms with E-state index in [2.05, 4.69) is 84.3 Å². The predicted molar refractivity (Wildman–Crippen MR) is 154 cm³/mol. The number of piperidine rings is 1. The van der Waals surface area contributed by atoms with Crippen molar-refractivity contribution in [3.8, 4) is 11.4 Å². The van der Waals surface area contributed by atoms with Crippen molar-refractivity contribution in [3.05, 3.63) is 108 Å². The molecule has 4 aromatic rings. The molecule has 1 aliphatic rings. The molecule has 1 aliphatic heterocycles. The molecule has 39 heavy (non-hydrogen) atoms. The van der Waals surface area contributed by atoms with Gasteiger partial charge in [0.05, 0.1) is 6.54 Å². The van der Waals surface area contributed by atoms with Gasteiger partial charge in [-0.1, -0.05) is 111 Å². The fourth-order valence-corrected chi connectivity index (χ4v) is 5.16. The highest BCUT2D eigenvalue weighted by Crippen LogP contribution is 2.26. The minimum absolute atomic E-state index is 0.0215. The summed E-state index contributed by atoms with van der Waals surface area (Å²) in [6.45, 7) is 10.1. The van der Waals surface area contributed by atoms with E-state index in [4.69, 9.17) is 4.52 Å². The molecule has 0 atom stereocenters. The maximum Gasteiger partial charge on any atom is 0.241 e. The fraction of sp³-hybridized carbons (Fsp3) is 0.364. The van der Waals surface area contributed by atoms with Crippen LogP contribution in [-0.2, 0) is 29.8 Å². The average Bonchev–Trinajstić information content (AvgIpc) is 3.42. The van der Waals surface area contributed by atoms with Gasteiger partial charge in [0.25, 0.3) is 0 Å². The third-order valence-electron chi connectivity index (χ3n) is 7.52. The normalized spacial score (nSPS) is 14.8. The summed E-state index contributed by atoms with van der Waals surface area (Å²) in [6, 6.07) is 28.9. The summed E-state index contributed by atoms with van der Waals surface area (Å²) in [5.74, 6) is 1.49. The van der Waals surface area contributed by atoms with Crippen molar-refractivity contribution in [3.63, 3.8) is 0 Å². The van der Waals surface area contributed by atoms with Gasteiger partial charge in [0, 0.05) is 24.6 Å². The van der Waals surface area contributed by atoms with Gasteiger partial charge in [-0.15, -0.1) is 0 Å². The van der Waals surface area contributed by atoms with E-state index in [0.717, 1.165) is 42.6 Å². The minimum atomic E-state index is 0.0215. The molecule has 0 unspecified atom stereocenters. The van der Waals surface area contributed by atoms with Crippen molar-refractivity contribution < 1.29 is 9.32 Å². The molecule has 1 saturated heterocycles. The number of rotatable bonds is 8. The standard InChI is InChI=1S/C33H38N4O2/c1-33(2,3)29-16-14-27(15-17-29)31-34-30(39-35-31)24-36-20-18-28(19-21-36)32(38)37(22-25-10-6-4-7-11-25)23-26-12-8-5-9-13-26/h4-17,28H,18-24H2,1-3H3. The Kier molecular flexibility index (Phi) is 8.22. The summed E-state index contributed by atoms with van der Waals surface area (Å²) in [4.78, 5) is 22.7. The van der Waals surface area contributed by atoms with Crippen molar-refractivity contribution in [2.45, 2.75) is 58.7 Å². The van der Waals surface area contributed by atoms with Crippen LogP contribution in [0.15, 0.2) is 89.5 Å². The molecule has 0 spiro atoms. The molecule has 202 valence electrons. The summed E-state index contributed by atoms with van der Waals surface area (Å²) >= 11 is 0. The Labute approximate surface area is 231 Å². The number of aromatic nitrogens is 2. The first-order valence-electron chi connectivity index (χ1n) is 13.9. The van der Waals surface area contributed by atoms with Crippen LogP contribution in [0.4, 0.5) is 0 Å². The van der Waals surface area contributed by atoms with Crippen molar-refractivity contribution >= 4 is 5.91 Å². The number of amides is 1. The first-order chi connectivity index (χ1) is 18.8. The Morgan fingerprint density at radius 1 is 0.872 bits per heavy atom. The van der Waals surface area contributed by atoms with Gasteiger partial charge in [-0.05, 0) is 48.0 Å². The van der Waals surface area contributed by atoms with Gasteiger partial charge in [-0.2, -0.15) is 4.98 Å². The number of nitrogens with zero attached hydrogens (tertiary/aromatic N) is 4. The number of benzene rings is 3. The zero-order valence-electron chi connectivity index (χ0n) is 23.2. The van der Waals surface area contributed by atoms with Gasteiger partial charge < -0.3 is 9.42 Å². The Bertz CT molecular complexity index is 1290. The van der Waals surface area contributed by atoms with E-state index in [-0.39, 0.29) is 17.2 Å².